The molecule has 1 aliphatic carbocycles. The van der Waals surface area contributed by atoms with E-state index < -0.39 is 0 Å². The molecule has 0 aromatic heterocycles. The minimum absolute atomic E-state index is 0.279. The molecule has 0 amide bonds. The van der Waals surface area contributed by atoms with Gasteiger partial charge in [-0.1, -0.05) is 44.2 Å². The fourth-order valence-corrected chi connectivity index (χ4v) is 3.20. The molecule has 21 heavy (non-hydrogen) atoms. The Balaban J connectivity index is 1.97. The summed E-state index contributed by atoms with van der Waals surface area (Å²) in [6.45, 7) is 5.56. The van der Waals surface area contributed by atoms with E-state index in [2.05, 4.69) is 56.4 Å². The summed E-state index contributed by atoms with van der Waals surface area (Å²) in [5.74, 6) is 0.598. The lowest BCUT2D eigenvalue weighted by Crippen LogP contribution is -2.56. The topological polar surface area (TPSA) is 39.1 Å². The second-order valence-corrected chi connectivity index (χ2v) is 6.94. The van der Waals surface area contributed by atoms with Gasteiger partial charge in [0.2, 0.25) is 0 Å². The van der Waals surface area contributed by atoms with Gasteiger partial charge in [-0.05, 0) is 38.4 Å². The van der Waals surface area contributed by atoms with Crippen molar-refractivity contribution < 1.29 is 0 Å². The van der Waals surface area contributed by atoms with E-state index >= 15 is 0 Å². The lowest BCUT2D eigenvalue weighted by Gasteiger charge is -2.45. The van der Waals surface area contributed by atoms with E-state index in [0.717, 1.165) is 19.4 Å². The number of nitrogens with zero attached hydrogens (tertiary/aromatic N) is 2. The number of likely N-dealkylation sites (N-methyl/N-ethyl adjacent to an activating group) is 1. The van der Waals surface area contributed by atoms with E-state index in [9.17, 15) is 5.26 Å². The molecular formula is C18H27N3. The average Bonchev–Trinajstić information content (AvgIpc) is 2.41. The molecule has 0 radical (unpaired) electrons. The second-order valence-electron chi connectivity index (χ2n) is 6.94. The first-order chi connectivity index (χ1) is 9.97. The first-order valence-electron chi connectivity index (χ1n) is 7.84. The summed E-state index contributed by atoms with van der Waals surface area (Å²) in [5, 5.41) is 13.4. The Morgan fingerprint density at radius 2 is 1.90 bits per heavy atom. The van der Waals surface area contributed by atoms with Gasteiger partial charge in [0.25, 0.3) is 0 Å². The highest BCUT2D eigenvalue weighted by atomic mass is 15.1. The SMILES string of the molecule is CC(C)C(CN(C)C)NC1CC(C#N)(c2ccccc2)C1. The fraction of sp³-hybridized carbons (Fsp3) is 0.611. The quantitative estimate of drug-likeness (QED) is 0.873. The summed E-state index contributed by atoms with van der Waals surface area (Å²) in [6, 6.07) is 13.7. The van der Waals surface area contributed by atoms with Crippen LogP contribution in [-0.4, -0.2) is 37.6 Å². The standard InChI is InChI=1S/C18H27N3/c1-14(2)17(12-21(3)4)20-16-10-18(11-16,13-19)15-8-6-5-7-9-15/h5-9,14,16-17,20H,10-12H2,1-4H3. The number of nitrogens with one attached hydrogen (secondary N) is 1. The Morgan fingerprint density at radius 1 is 1.29 bits per heavy atom. The minimum atomic E-state index is -0.279. The molecule has 1 N–H and O–H groups in total. The van der Waals surface area contributed by atoms with Crippen LogP contribution in [-0.2, 0) is 5.41 Å². The van der Waals surface area contributed by atoms with Crippen molar-refractivity contribution in [3.63, 3.8) is 0 Å². The van der Waals surface area contributed by atoms with Crippen LogP contribution in [0.15, 0.2) is 30.3 Å². The Bertz CT molecular complexity index is 481. The van der Waals surface area contributed by atoms with Gasteiger partial charge in [0.05, 0.1) is 11.5 Å². The van der Waals surface area contributed by atoms with Crippen LogP contribution in [0.2, 0.25) is 0 Å². The molecule has 1 saturated carbocycles. The number of nitriles is 1. The Kier molecular flexibility index (Phi) is 5.03. The highest BCUT2D eigenvalue weighted by Crippen LogP contribution is 2.43. The summed E-state index contributed by atoms with van der Waals surface area (Å²) >= 11 is 0. The van der Waals surface area contributed by atoms with Crippen molar-refractivity contribution >= 4 is 0 Å². The number of hydrogen-bond donors (Lipinski definition) is 1. The molecule has 0 bridgehead atoms. The first kappa shape index (κ1) is 16.0. The smallest absolute Gasteiger partial charge is 0.0852 e. The van der Waals surface area contributed by atoms with E-state index in [4.69, 9.17) is 0 Å². The Hall–Kier alpha value is -1.37. The van der Waals surface area contributed by atoms with Crippen molar-refractivity contribution in [2.24, 2.45) is 5.92 Å². The molecule has 0 aliphatic heterocycles. The first-order valence-corrected chi connectivity index (χ1v) is 7.84. The molecule has 1 aliphatic rings. The van der Waals surface area contributed by atoms with E-state index in [1.807, 2.05) is 18.2 Å². The van der Waals surface area contributed by atoms with E-state index in [1.54, 1.807) is 0 Å². The lowest BCUT2D eigenvalue weighted by atomic mass is 9.62. The average molecular weight is 285 g/mol. The highest BCUT2D eigenvalue weighted by molar-refractivity contribution is 5.36. The monoisotopic (exact) mass is 285 g/mol. The summed E-state index contributed by atoms with van der Waals surface area (Å²) < 4.78 is 0. The van der Waals surface area contributed by atoms with Crippen molar-refractivity contribution in [1.82, 2.24) is 10.2 Å². The van der Waals surface area contributed by atoms with Crippen LogP contribution in [0.25, 0.3) is 0 Å². The van der Waals surface area contributed by atoms with Gasteiger partial charge in [-0.3, -0.25) is 0 Å². The second kappa shape index (κ2) is 6.60. The Morgan fingerprint density at radius 3 is 2.38 bits per heavy atom. The summed E-state index contributed by atoms with van der Waals surface area (Å²) in [5.41, 5.74) is 0.887. The number of rotatable bonds is 6. The van der Waals surface area contributed by atoms with Gasteiger partial charge in [0.15, 0.2) is 0 Å². The highest BCUT2D eigenvalue weighted by Gasteiger charge is 2.46. The molecule has 2 rings (SSSR count). The van der Waals surface area contributed by atoms with Crippen LogP contribution in [0.5, 0.6) is 0 Å². The Labute approximate surface area is 129 Å². The molecule has 1 aromatic carbocycles. The molecule has 114 valence electrons. The van der Waals surface area contributed by atoms with Crippen molar-refractivity contribution in [1.29, 1.82) is 5.26 Å². The van der Waals surface area contributed by atoms with E-state index in [-0.39, 0.29) is 5.41 Å². The third-order valence-electron chi connectivity index (χ3n) is 4.55. The van der Waals surface area contributed by atoms with E-state index in [1.165, 1.54) is 5.56 Å². The molecule has 0 spiro atoms. The minimum Gasteiger partial charge on any atom is -0.310 e. The van der Waals surface area contributed by atoms with Crippen LogP contribution in [0.4, 0.5) is 0 Å². The van der Waals surface area contributed by atoms with E-state index in [0.29, 0.717) is 18.0 Å². The predicted molar refractivity (Wildman–Crippen MR) is 87.1 cm³/mol. The van der Waals surface area contributed by atoms with Crippen molar-refractivity contribution in [3.8, 4) is 6.07 Å². The zero-order chi connectivity index (χ0) is 15.5. The zero-order valence-electron chi connectivity index (χ0n) is 13.6. The van der Waals surface area contributed by atoms with Crippen LogP contribution >= 0.6 is 0 Å². The van der Waals surface area contributed by atoms with Crippen molar-refractivity contribution in [2.75, 3.05) is 20.6 Å². The molecule has 1 atom stereocenters. The van der Waals surface area contributed by atoms with Crippen LogP contribution in [0, 0.1) is 17.2 Å². The van der Waals surface area contributed by atoms with Gasteiger partial charge in [-0.25, -0.2) is 0 Å². The van der Waals surface area contributed by atoms with Gasteiger partial charge in [0, 0.05) is 18.6 Å². The molecule has 1 unspecified atom stereocenters. The third kappa shape index (κ3) is 3.64. The summed E-state index contributed by atoms with van der Waals surface area (Å²) in [7, 11) is 4.22. The predicted octanol–water partition coefficient (Wildman–Crippen LogP) is 2.79. The van der Waals surface area contributed by atoms with Gasteiger partial charge in [-0.2, -0.15) is 5.26 Å². The number of hydrogen-bond acceptors (Lipinski definition) is 3. The van der Waals surface area contributed by atoms with Crippen LogP contribution in [0.1, 0.15) is 32.3 Å². The summed E-state index contributed by atoms with van der Waals surface area (Å²) in [4.78, 5) is 2.23. The largest absolute Gasteiger partial charge is 0.310 e. The van der Waals surface area contributed by atoms with Gasteiger partial charge < -0.3 is 10.2 Å². The van der Waals surface area contributed by atoms with Crippen LogP contribution < -0.4 is 5.32 Å². The maximum atomic E-state index is 9.61. The number of benzene rings is 1. The molecule has 3 nitrogen and oxygen atoms in total. The lowest BCUT2D eigenvalue weighted by molar-refractivity contribution is 0.176. The maximum absolute atomic E-state index is 9.61. The van der Waals surface area contributed by atoms with Gasteiger partial charge in [0.1, 0.15) is 0 Å². The third-order valence-corrected chi connectivity index (χ3v) is 4.55. The normalized spacial score (nSPS) is 26.4. The summed E-state index contributed by atoms with van der Waals surface area (Å²) in [6.07, 6.45) is 1.84. The van der Waals surface area contributed by atoms with Crippen molar-refractivity contribution in [2.45, 2.75) is 44.2 Å². The van der Waals surface area contributed by atoms with Gasteiger partial charge in [-0.15, -0.1) is 0 Å². The fourth-order valence-electron chi connectivity index (χ4n) is 3.20. The molecule has 1 fully saturated rings. The molecule has 3 heteroatoms. The molecule has 1 aromatic rings. The maximum Gasteiger partial charge on any atom is 0.0852 e. The molecule has 0 heterocycles. The molecular weight excluding hydrogens is 258 g/mol. The molecule has 0 saturated heterocycles. The van der Waals surface area contributed by atoms with Crippen LogP contribution in [0.3, 0.4) is 0 Å². The zero-order valence-corrected chi connectivity index (χ0v) is 13.6. The van der Waals surface area contributed by atoms with Gasteiger partial charge >= 0.3 is 0 Å². The van der Waals surface area contributed by atoms with Crippen molar-refractivity contribution in [3.05, 3.63) is 35.9 Å².